The number of nitrogens with zero attached hydrogens (tertiary/aromatic N) is 1. The van der Waals surface area contributed by atoms with Crippen LogP contribution in [0.3, 0.4) is 0 Å². The second kappa shape index (κ2) is 12.6. The molecule has 0 spiro atoms. The Kier molecular flexibility index (Phi) is 9.59. The average Bonchev–Trinajstić information content (AvgIpc) is 3.16. The molecule has 0 atom stereocenters. The summed E-state index contributed by atoms with van der Waals surface area (Å²) in [5, 5.41) is 9.51. The number of benzene rings is 2. The first kappa shape index (κ1) is 23.5. The molecule has 1 aromatic heterocycles. The molecule has 4 nitrogen and oxygen atoms in total. The molecule has 2 aromatic carbocycles. The summed E-state index contributed by atoms with van der Waals surface area (Å²) in [4.78, 5) is 18.8. The predicted molar refractivity (Wildman–Crippen MR) is 129 cm³/mol. The highest BCUT2D eigenvalue weighted by molar-refractivity contribution is 7.99. The molecule has 0 aliphatic rings. The number of ketones is 1. The molecule has 0 bridgehead atoms. The Morgan fingerprint density at radius 2 is 1.81 bits per heavy atom. The second-order valence-corrected chi connectivity index (χ2v) is 9.58. The summed E-state index contributed by atoms with van der Waals surface area (Å²) in [7, 11) is 0. The number of carbonyl (C=O) groups excluding carboxylic acids is 1. The lowest BCUT2D eigenvalue weighted by molar-refractivity contribution is 0.0921. The lowest BCUT2D eigenvalue weighted by atomic mass is 10.1. The van der Waals surface area contributed by atoms with Gasteiger partial charge in [0.25, 0.3) is 0 Å². The van der Waals surface area contributed by atoms with E-state index in [0.29, 0.717) is 17.2 Å². The van der Waals surface area contributed by atoms with Gasteiger partial charge in [-0.2, -0.15) is 0 Å². The fraction of sp³-hybridized carbons (Fsp3) is 0.360. The van der Waals surface area contributed by atoms with Crippen molar-refractivity contribution >= 4 is 28.9 Å². The molecule has 1 N–H and O–H groups in total. The summed E-state index contributed by atoms with van der Waals surface area (Å²) >= 11 is 3.19. The van der Waals surface area contributed by atoms with Crippen LogP contribution in [-0.4, -0.2) is 34.8 Å². The normalized spacial score (nSPS) is 10.9. The summed E-state index contributed by atoms with van der Waals surface area (Å²) in [6.07, 6.45) is 5.35. The number of hydrogen-bond donors (Lipinski definition) is 1. The van der Waals surface area contributed by atoms with Gasteiger partial charge in [0.05, 0.1) is 5.69 Å². The van der Waals surface area contributed by atoms with E-state index in [0.717, 1.165) is 22.7 Å². The van der Waals surface area contributed by atoms with Gasteiger partial charge >= 0.3 is 0 Å². The van der Waals surface area contributed by atoms with E-state index in [1.54, 1.807) is 0 Å². The van der Waals surface area contributed by atoms with Crippen LogP contribution in [0.25, 0.3) is 0 Å². The number of aryl methyl sites for hydroxylation is 2. The number of unbranched alkanes of at least 4 members (excludes halogenated alkanes) is 2. The number of aromatic nitrogens is 1. The van der Waals surface area contributed by atoms with Crippen molar-refractivity contribution in [3.63, 3.8) is 0 Å². The fourth-order valence-corrected chi connectivity index (χ4v) is 5.05. The van der Waals surface area contributed by atoms with E-state index < -0.39 is 0 Å². The topological polar surface area (TPSA) is 59.4 Å². The van der Waals surface area contributed by atoms with Crippen molar-refractivity contribution in [2.45, 2.75) is 43.9 Å². The van der Waals surface area contributed by atoms with Crippen LogP contribution in [0.2, 0.25) is 0 Å². The maximum atomic E-state index is 12.3. The monoisotopic (exact) mass is 455 g/mol. The molecular formula is C25H29NO3S2. The SMILES string of the molecule is Cc1nc(C(=O)COc2ccc(SCCCCCc3ccccc3)cc2)sc1CCO. The molecule has 0 amide bonds. The number of rotatable bonds is 13. The zero-order valence-corrected chi connectivity index (χ0v) is 19.5. The molecular weight excluding hydrogens is 426 g/mol. The number of Topliss-reactive ketones (excluding diaryl/α,β-unsaturated/α-hetero) is 1. The summed E-state index contributed by atoms with van der Waals surface area (Å²) in [5.74, 6) is 1.66. The molecule has 3 aromatic rings. The van der Waals surface area contributed by atoms with E-state index >= 15 is 0 Å². The van der Waals surface area contributed by atoms with E-state index in [2.05, 4.69) is 35.3 Å². The molecule has 0 aliphatic carbocycles. The third-order valence-electron chi connectivity index (χ3n) is 4.89. The Hall–Kier alpha value is -2.15. The van der Waals surface area contributed by atoms with Gasteiger partial charge in [0.15, 0.2) is 11.6 Å². The van der Waals surface area contributed by atoms with Gasteiger partial charge in [0.1, 0.15) is 5.75 Å². The summed E-state index contributed by atoms with van der Waals surface area (Å²) in [5.41, 5.74) is 2.23. The van der Waals surface area contributed by atoms with Crippen molar-refractivity contribution in [1.82, 2.24) is 4.98 Å². The Balaban J connectivity index is 1.34. The maximum Gasteiger partial charge on any atom is 0.228 e. The smallest absolute Gasteiger partial charge is 0.228 e. The molecule has 31 heavy (non-hydrogen) atoms. The Labute approximate surface area is 192 Å². The van der Waals surface area contributed by atoms with Crippen molar-refractivity contribution in [3.05, 3.63) is 75.7 Å². The van der Waals surface area contributed by atoms with Crippen LogP contribution in [0.4, 0.5) is 0 Å². The van der Waals surface area contributed by atoms with Gasteiger partial charge in [0.2, 0.25) is 5.78 Å². The molecule has 6 heteroatoms. The standard InChI is InChI=1S/C25H29NO3S2/c1-19-24(15-16-27)31-25(26-19)23(28)18-29-21-11-13-22(14-12-21)30-17-7-3-6-10-20-8-4-2-5-9-20/h2,4-5,8-9,11-14,27H,3,6-7,10,15-18H2,1H3. The number of aliphatic hydroxyl groups is 1. The lowest BCUT2D eigenvalue weighted by Crippen LogP contribution is -2.11. The number of hydrogen-bond acceptors (Lipinski definition) is 6. The molecule has 0 radical (unpaired) electrons. The fourth-order valence-electron chi connectivity index (χ4n) is 3.17. The quantitative estimate of drug-likeness (QED) is 0.202. The minimum Gasteiger partial charge on any atom is -0.485 e. The number of thioether (sulfide) groups is 1. The highest BCUT2D eigenvalue weighted by Gasteiger charge is 2.15. The van der Waals surface area contributed by atoms with Crippen LogP contribution in [-0.2, 0) is 12.8 Å². The van der Waals surface area contributed by atoms with Gasteiger partial charge in [-0.3, -0.25) is 4.79 Å². The summed E-state index contributed by atoms with van der Waals surface area (Å²) < 4.78 is 5.64. The summed E-state index contributed by atoms with van der Waals surface area (Å²) in [6, 6.07) is 18.6. The second-order valence-electron chi connectivity index (χ2n) is 7.33. The minimum absolute atomic E-state index is 0.0284. The van der Waals surface area contributed by atoms with E-state index in [9.17, 15) is 4.79 Å². The van der Waals surface area contributed by atoms with Gasteiger partial charge in [-0.15, -0.1) is 23.1 Å². The van der Waals surface area contributed by atoms with E-state index in [1.807, 2.05) is 43.0 Å². The van der Waals surface area contributed by atoms with Crippen LogP contribution in [0.1, 0.15) is 45.2 Å². The zero-order valence-electron chi connectivity index (χ0n) is 17.9. The molecule has 0 unspecified atom stereocenters. The third-order valence-corrected chi connectivity index (χ3v) is 7.24. The van der Waals surface area contributed by atoms with Crippen molar-refractivity contribution < 1.29 is 14.6 Å². The number of thiazole rings is 1. The largest absolute Gasteiger partial charge is 0.485 e. The Morgan fingerprint density at radius 1 is 1.03 bits per heavy atom. The number of carbonyl (C=O) groups is 1. The molecule has 0 fully saturated rings. The van der Waals surface area contributed by atoms with Crippen LogP contribution in [0.15, 0.2) is 59.5 Å². The number of aliphatic hydroxyl groups excluding tert-OH is 1. The number of ether oxygens (including phenoxy) is 1. The third kappa shape index (κ3) is 7.80. The first-order chi connectivity index (χ1) is 15.2. The van der Waals surface area contributed by atoms with Gasteiger partial charge in [-0.25, -0.2) is 4.98 Å². The van der Waals surface area contributed by atoms with Crippen molar-refractivity contribution in [1.29, 1.82) is 0 Å². The molecule has 0 aliphatic heterocycles. The molecule has 164 valence electrons. The minimum atomic E-state index is -0.133. The van der Waals surface area contributed by atoms with Gasteiger partial charge in [0, 0.05) is 22.8 Å². The van der Waals surface area contributed by atoms with Crippen molar-refractivity contribution in [2.75, 3.05) is 19.0 Å². The Bertz CT molecular complexity index is 939. The Morgan fingerprint density at radius 3 is 2.55 bits per heavy atom. The van der Waals surface area contributed by atoms with Gasteiger partial charge in [-0.1, -0.05) is 36.8 Å². The maximum absolute atomic E-state index is 12.3. The van der Waals surface area contributed by atoms with Crippen LogP contribution in [0.5, 0.6) is 5.75 Å². The van der Waals surface area contributed by atoms with Crippen molar-refractivity contribution in [2.24, 2.45) is 0 Å². The van der Waals surface area contributed by atoms with E-state index in [-0.39, 0.29) is 19.0 Å². The summed E-state index contributed by atoms with van der Waals surface area (Å²) in [6.45, 7) is 1.89. The van der Waals surface area contributed by atoms with E-state index in [4.69, 9.17) is 9.84 Å². The molecule has 0 saturated carbocycles. The zero-order chi connectivity index (χ0) is 21.9. The predicted octanol–water partition coefficient (Wildman–Crippen LogP) is 5.75. The van der Waals surface area contributed by atoms with Gasteiger partial charge < -0.3 is 9.84 Å². The highest BCUT2D eigenvalue weighted by atomic mass is 32.2. The highest BCUT2D eigenvalue weighted by Crippen LogP contribution is 2.24. The van der Waals surface area contributed by atoms with Crippen molar-refractivity contribution in [3.8, 4) is 5.75 Å². The molecule has 1 heterocycles. The average molecular weight is 456 g/mol. The lowest BCUT2D eigenvalue weighted by Gasteiger charge is -2.06. The first-order valence-corrected chi connectivity index (χ1v) is 12.5. The van der Waals surface area contributed by atoms with E-state index in [1.165, 1.54) is 41.1 Å². The first-order valence-electron chi connectivity index (χ1n) is 10.7. The molecule has 3 rings (SSSR count). The molecule has 0 saturated heterocycles. The van der Waals surface area contributed by atoms with Crippen LogP contribution >= 0.6 is 23.1 Å². The van der Waals surface area contributed by atoms with Crippen LogP contribution in [0, 0.1) is 6.92 Å². The van der Waals surface area contributed by atoms with Crippen LogP contribution < -0.4 is 4.74 Å². The van der Waals surface area contributed by atoms with Gasteiger partial charge in [-0.05, 0) is 61.8 Å².